The van der Waals surface area contributed by atoms with Crippen molar-refractivity contribution in [3.8, 4) is 17.2 Å². The van der Waals surface area contributed by atoms with Crippen LogP contribution in [0.1, 0.15) is 41.6 Å². The minimum atomic E-state index is -0.260. The van der Waals surface area contributed by atoms with Crippen molar-refractivity contribution in [2.45, 2.75) is 31.5 Å². The van der Waals surface area contributed by atoms with Gasteiger partial charge in [0, 0.05) is 42.9 Å². The number of ketones is 1. The van der Waals surface area contributed by atoms with E-state index in [0.717, 1.165) is 16.7 Å². The molecule has 2 aliphatic rings. The fourth-order valence-corrected chi connectivity index (χ4v) is 4.12. The molecule has 2 N–H and O–H groups in total. The summed E-state index contributed by atoms with van der Waals surface area (Å²) in [6.45, 7) is 0.324. The van der Waals surface area contributed by atoms with Crippen molar-refractivity contribution in [3.05, 3.63) is 53.1 Å². The summed E-state index contributed by atoms with van der Waals surface area (Å²) in [5.41, 5.74) is 2.60. The molecule has 1 saturated carbocycles. The van der Waals surface area contributed by atoms with E-state index in [1.54, 1.807) is 31.4 Å². The largest absolute Gasteiger partial charge is 0.508 e. The monoisotopic (exact) mass is 340 g/mol. The zero-order valence-electron chi connectivity index (χ0n) is 13.9. The third kappa shape index (κ3) is 2.74. The summed E-state index contributed by atoms with van der Waals surface area (Å²) in [5, 5.41) is 19.6. The van der Waals surface area contributed by atoms with Crippen LogP contribution in [-0.2, 0) is 16.1 Å². The number of hydrogen-bond acceptors (Lipinski definition) is 5. The third-order valence-corrected chi connectivity index (χ3v) is 5.16. The number of rotatable bonds is 3. The van der Waals surface area contributed by atoms with E-state index in [0.29, 0.717) is 25.2 Å². The molecule has 4 rings (SSSR count). The average molecular weight is 340 g/mol. The predicted molar refractivity (Wildman–Crippen MR) is 90.8 cm³/mol. The topological polar surface area (TPSA) is 76.0 Å². The molecular weight excluding hydrogens is 320 g/mol. The van der Waals surface area contributed by atoms with Gasteiger partial charge in [-0.1, -0.05) is 12.1 Å². The van der Waals surface area contributed by atoms with Crippen LogP contribution < -0.4 is 4.74 Å². The van der Waals surface area contributed by atoms with Gasteiger partial charge in [-0.25, -0.2) is 0 Å². The molecule has 0 amide bonds. The number of phenolic OH excluding ortho intramolecular Hbond substituents is 2. The minimum Gasteiger partial charge on any atom is -0.508 e. The summed E-state index contributed by atoms with van der Waals surface area (Å²) in [4.78, 5) is 12.2. The van der Waals surface area contributed by atoms with Crippen LogP contribution in [0.4, 0.5) is 0 Å². The summed E-state index contributed by atoms with van der Waals surface area (Å²) in [5.74, 6) is 1.33. The van der Waals surface area contributed by atoms with Crippen molar-refractivity contribution in [1.82, 2.24) is 0 Å². The lowest BCUT2D eigenvalue weighted by atomic mass is 9.79. The number of Topliss-reactive ketones (excluding diaryl/α,β-unsaturated/α-hetero) is 1. The highest BCUT2D eigenvalue weighted by Crippen LogP contribution is 2.54. The molecule has 3 atom stereocenters. The van der Waals surface area contributed by atoms with Gasteiger partial charge >= 0.3 is 0 Å². The number of aromatic hydroxyl groups is 2. The molecule has 25 heavy (non-hydrogen) atoms. The lowest BCUT2D eigenvalue weighted by molar-refractivity contribution is -0.117. The second-order valence-electron chi connectivity index (χ2n) is 6.80. The summed E-state index contributed by atoms with van der Waals surface area (Å²) in [6.07, 6.45) is 0.667. The van der Waals surface area contributed by atoms with Crippen LogP contribution in [0.15, 0.2) is 36.4 Å². The molecule has 0 spiro atoms. The lowest BCUT2D eigenvalue weighted by Crippen LogP contribution is -2.27. The van der Waals surface area contributed by atoms with Crippen LogP contribution in [0, 0.1) is 5.92 Å². The molecule has 5 nitrogen and oxygen atoms in total. The van der Waals surface area contributed by atoms with Crippen LogP contribution in [-0.4, -0.2) is 23.1 Å². The van der Waals surface area contributed by atoms with Gasteiger partial charge in [-0.3, -0.25) is 4.79 Å². The molecule has 1 fully saturated rings. The van der Waals surface area contributed by atoms with Gasteiger partial charge in [0.25, 0.3) is 0 Å². The quantitative estimate of drug-likeness (QED) is 0.895. The van der Waals surface area contributed by atoms with E-state index < -0.39 is 0 Å². The van der Waals surface area contributed by atoms with Crippen molar-refractivity contribution in [1.29, 1.82) is 0 Å². The number of methoxy groups -OCH3 is 1. The lowest BCUT2D eigenvalue weighted by Gasteiger charge is -2.37. The highest BCUT2D eigenvalue weighted by molar-refractivity contribution is 5.83. The van der Waals surface area contributed by atoms with Crippen molar-refractivity contribution in [2.75, 3.05) is 7.11 Å². The molecule has 130 valence electrons. The second kappa shape index (κ2) is 6.08. The Morgan fingerprint density at radius 3 is 2.60 bits per heavy atom. The Morgan fingerprint density at radius 1 is 1.12 bits per heavy atom. The highest BCUT2D eigenvalue weighted by atomic mass is 16.5. The molecular formula is C20H20O5. The van der Waals surface area contributed by atoms with Gasteiger partial charge in [-0.2, -0.15) is 0 Å². The highest BCUT2D eigenvalue weighted by Gasteiger charge is 2.46. The van der Waals surface area contributed by atoms with Crippen molar-refractivity contribution in [2.24, 2.45) is 5.92 Å². The first-order valence-electron chi connectivity index (χ1n) is 8.39. The molecule has 0 bridgehead atoms. The van der Waals surface area contributed by atoms with E-state index in [2.05, 4.69) is 0 Å². The van der Waals surface area contributed by atoms with E-state index >= 15 is 0 Å². The molecule has 0 radical (unpaired) electrons. The van der Waals surface area contributed by atoms with Gasteiger partial charge in [-0.15, -0.1) is 0 Å². The van der Waals surface area contributed by atoms with Gasteiger partial charge in [0.2, 0.25) is 0 Å². The Bertz CT molecular complexity index is 812. The Balaban J connectivity index is 1.83. The normalized spacial score (nSPS) is 24.5. The first-order chi connectivity index (χ1) is 12.1. The smallest absolute Gasteiger partial charge is 0.133 e. The van der Waals surface area contributed by atoms with Crippen molar-refractivity contribution >= 4 is 5.78 Å². The molecule has 2 aromatic carbocycles. The zero-order chi connectivity index (χ0) is 17.6. The second-order valence-corrected chi connectivity index (χ2v) is 6.80. The molecule has 2 aromatic rings. The van der Waals surface area contributed by atoms with Crippen molar-refractivity contribution in [3.63, 3.8) is 0 Å². The van der Waals surface area contributed by atoms with E-state index in [1.165, 1.54) is 0 Å². The Labute approximate surface area is 145 Å². The third-order valence-electron chi connectivity index (χ3n) is 5.16. The van der Waals surface area contributed by atoms with Crippen LogP contribution in [0.2, 0.25) is 0 Å². The maximum Gasteiger partial charge on any atom is 0.133 e. The molecule has 1 aliphatic heterocycles. The van der Waals surface area contributed by atoms with Gasteiger partial charge in [0.15, 0.2) is 0 Å². The summed E-state index contributed by atoms with van der Waals surface area (Å²) < 4.78 is 11.6. The van der Waals surface area contributed by atoms with Crippen LogP contribution in [0.5, 0.6) is 17.2 Å². The van der Waals surface area contributed by atoms with E-state index in [1.807, 2.05) is 12.1 Å². The Kier molecular flexibility index (Phi) is 3.88. The summed E-state index contributed by atoms with van der Waals surface area (Å²) >= 11 is 0. The number of benzene rings is 2. The van der Waals surface area contributed by atoms with Gasteiger partial charge in [0.1, 0.15) is 29.1 Å². The number of ether oxygens (including phenoxy) is 2. The molecule has 5 heteroatoms. The standard InChI is InChI=1S/C20H20O5/c1-24-10-12-6-14(22)8-18-16-7-15(23)9-17(16)19(25-20(12)18)11-2-4-13(21)5-3-11/h2-6,8,16-17,19,21-22H,7,9-10H2,1H3/t16-,17+,19+/m0/s1. The van der Waals surface area contributed by atoms with E-state index in [4.69, 9.17) is 9.47 Å². The maximum absolute atomic E-state index is 12.2. The SMILES string of the molecule is COCc1cc(O)cc2c1O[C@H](c1ccc(O)cc1)[C@@H]1CC(=O)C[C@H]21. The number of carbonyl (C=O) groups is 1. The van der Waals surface area contributed by atoms with E-state index in [9.17, 15) is 15.0 Å². The predicted octanol–water partition coefficient (Wildman–Crippen LogP) is 3.44. The number of carbonyl (C=O) groups excluding carboxylic acids is 1. The van der Waals surface area contributed by atoms with Crippen LogP contribution in [0.3, 0.4) is 0 Å². The maximum atomic E-state index is 12.2. The molecule has 0 unspecified atom stereocenters. The van der Waals surface area contributed by atoms with Crippen LogP contribution in [0.25, 0.3) is 0 Å². The molecule has 1 heterocycles. The fraction of sp³-hybridized carbons (Fsp3) is 0.350. The van der Waals surface area contributed by atoms with Gasteiger partial charge in [0.05, 0.1) is 6.61 Å². The first-order valence-corrected chi connectivity index (χ1v) is 8.39. The molecule has 1 aliphatic carbocycles. The van der Waals surface area contributed by atoms with Gasteiger partial charge < -0.3 is 19.7 Å². The zero-order valence-corrected chi connectivity index (χ0v) is 13.9. The number of hydrogen-bond donors (Lipinski definition) is 2. The number of phenols is 2. The Hall–Kier alpha value is -2.53. The first kappa shape index (κ1) is 16.0. The van der Waals surface area contributed by atoms with Crippen molar-refractivity contribution < 1.29 is 24.5 Å². The summed E-state index contributed by atoms with van der Waals surface area (Å²) in [7, 11) is 1.60. The van der Waals surface area contributed by atoms with Gasteiger partial charge in [-0.05, 0) is 29.8 Å². The average Bonchev–Trinajstić information content (AvgIpc) is 2.97. The van der Waals surface area contributed by atoms with Crippen LogP contribution >= 0.6 is 0 Å². The molecule has 0 aromatic heterocycles. The number of fused-ring (bicyclic) bond motifs is 3. The minimum absolute atomic E-state index is 0.0257. The fourth-order valence-electron chi connectivity index (χ4n) is 4.12. The summed E-state index contributed by atoms with van der Waals surface area (Å²) in [6, 6.07) is 10.3. The van der Waals surface area contributed by atoms with E-state index in [-0.39, 0.29) is 35.2 Å². The molecule has 0 saturated heterocycles. The Morgan fingerprint density at radius 2 is 1.88 bits per heavy atom.